The van der Waals surface area contributed by atoms with E-state index in [1.165, 1.54) is 23.5 Å². The summed E-state index contributed by atoms with van der Waals surface area (Å²) in [6, 6.07) is 8.05. The Morgan fingerprint density at radius 1 is 1.35 bits per heavy atom. The van der Waals surface area contributed by atoms with E-state index in [4.69, 9.17) is 11.6 Å². The molecule has 90 valence electrons. The Bertz CT molecular complexity index is 487. The van der Waals surface area contributed by atoms with Crippen molar-refractivity contribution in [2.24, 2.45) is 0 Å². The van der Waals surface area contributed by atoms with Crippen LogP contribution in [0.1, 0.15) is 22.1 Å². The molecule has 1 unspecified atom stereocenters. The second kappa shape index (κ2) is 5.17. The van der Waals surface area contributed by atoms with Crippen LogP contribution < -0.4 is 0 Å². The Labute approximate surface area is 108 Å². The summed E-state index contributed by atoms with van der Waals surface area (Å²) in [6.45, 7) is 1.91. The van der Waals surface area contributed by atoms with E-state index in [9.17, 15) is 9.50 Å². The van der Waals surface area contributed by atoms with Crippen molar-refractivity contribution in [3.8, 4) is 0 Å². The van der Waals surface area contributed by atoms with Crippen LogP contribution in [0, 0.1) is 12.7 Å². The first kappa shape index (κ1) is 12.6. The lowest BCUT2D eigenvalue weighted by molar-refractivity contribution is 0.182. The minimum absolute atomic E-state index is 0.266. The van der Waals surface area contributed by atoms with Crippen molar-refractivity contribution in [2.75, 3.05) is 0 Å². The van der Waals surface area contributed by atoms with Gasteiger partial charge in [0.05, 0.1) is 10.4 Å². The van der Waals surface area contributed by atoms with Gasteiger partial charge in [0.25, 0.3) is 0 Å². The molecule has 1 heterocycles. The fraction of sp³-hybridized carbons (Fsp3) is 0.231. The molecule has 0 aliphatic heterocycles. The number of hydrogen-bond donors (Lipinski definition) is 1. The molecule has 0 saturated heterocycles. The van der Waals surface area contributed by atoms with Gasteiger partial charge >= 0.3 is 0 Å². The maximum atomic E-state index is 12.7. The molecule has 0 aliphatic carbocycles. The van der Waals surface area contributed by atoms with E-state index in [0.717, 1.165) is 16.0 Å². The first-order valence-electron chi connectivity index (χ1n) is 5.24. The number of aliphatic hydroxyl groups is 1. The van der Waals surface area contributed by atoms with E-state index in [1.807, 2.05) is 13.0 Å². The van der Waals surface area contributed by atoms with E-state index >= 15 is 0 Å². The molecule has 0 aliphatic rings. The van der Waals surface area contributed by atoms with Crippen LogP contribution in [0.2, 0.25) is 4.34 Å². The molecular weight excluding hydrogens is 259 g/mol. The zero-order valence-electron chi connectivity index (χ0n) is 9.28. The third kappa shape index (κ3) is 3.06. The van der Waals surface area contributed by atoms with Crippen molar-refractivity contribution >= 4 is 22.9 Å². The van der Waals surface area contributed by atoms with Gasteiger partial charge in [-0.25, -0.2) is 4.39 Å². The molecule has 0 radical (unpaired) electrons. The van der Waals surface area contributed by atoms with Crippen molar-refractivity contribution in [1.29, 1.82) is 0 Å². The standard InChI is InChI=1S/C13H12ClFOS/c1-8-6-12(17-13(8)14)11(16)7-9-2-4-10(15)5-3-9/h2-6,11,16H,7H2,1H3. The van der Waals surface area contributed by atoms with Gasteiger partial charge in [0.2, 0.25) is 0 Å². The van der Waals surface area contributed by atoms with Crippen molar-refractivity contribution in [3.05, 3.63) is 56.5 Å². The molecule has 0 fully saturated rings. The number of hydrogen-bond acceptors (Lipinski definition) is 2. The molecule has 1 atom stereocenters. The molecule has 1 aromatic carbocycles. The molecule has 17 heavy (non-hydrogen) atoms. The highest BCUT2D eigenvalue weighted by Gasteiger charge is 2.13. The van der Waals surface area contributed by atoms with E-state index in [-0.39, 0.29) is 5.82 Å². The van der Waals surface area contributed by atoms with Crippen molar-refractivity contribution in [2.45, 2.75) is 19.4 Å². The van der Waals surface area contributed by atoms with Gasteiger partial charge in [0.1, 0.15) is 5.82 Å². The molecule has 0 spiro atoms. The van der Waals surface area contributed by atoms with E-state index in [2.05, 4.69) is 0 Å². The molecule has 1 nitrogen and oxygen atoms in total. The fourth-order valence-corrected chi connectivity index (χ4v) is 2.80. The molecule has 0 amide bonds. The second-order valence-electron chi connectivity index (χ2n) is 3.95. The van der Waals surface area contributed by atoms with Crippen LogP contribution in [0.5, 0.6) is 0 Å². The summed E-state index contributed by atoms with van der Waals surface area (Å²) in [7, 11) is 0. The number of aliphatic hydroxyl groups excluding tert-OH is 1. The zero-order chi connectivity index (χ0) is 12.4. The Morgan fingerprint density at radius 2 is 2.00 bits per heavy atom. The van der Waals surface area contributed by atoms with Crippen LogP contribution in [-0.4, -0.2) is 5.11 Å². The predicted molar refractivity (Wildman–Crippen MR) is 69.1 cm³/mol. The summed E-state index contributed by atoms with van der Waals surface area (Å²) in [5.74, 6) is -0.266. The number of rotatable bonds is 3. The Balaban J connectivity index is 2.11. The number of thiophene rings is 1. The second-order valence-corrected chi connectivity index (χ2v) is 5.64. The summed E-state index contributed by atoms with van der Waals surface area (Å²) >= 11 is 7.34. The van der Waals surface area contributed by atoms with Crippen LogP contribution in [0.25, 0.3) is 0 Å². The van der Waals surface area contributed by atoms with Gasteiger partial charge in [-0.2, -0.15) is 0 Å². The van der Waals surface area contributed by atoms with Gasteiger partial charge in [0.15, 0.2) is 0 Å². The lowest BCUT2D eigenvalue weighted by atomic mass is 10.1. The monoisotopic (exact) mass is 270 g/mol. The van der Waals surface area contributed by atoms with Gasteiger partial charge in [-0.1, -0.05) is 23.7 Å². The van der Waals surface area contributed by atoms with Crippen molar-refractivity contribution in [1.82, 2.24) is 0 Å². The molecule has 2 rings (SSSR count). The quantitative estimate of drug-likeness (QED) is 0.889. The fourth-order valence-electron chi connectivity index (χ4n) is 1.59. The lowest BCUT2D eigenvalue weighted by Gasteiger charge is -2.08. The number of aryl methyl sites for hydroxylation is 1. The van der Waals surface area contributed by atoms with Gasteiger partial charge in [-0.15, -0.1) is 11.3 Å². The molecule has 1 aromatic heterocycles. The minimum Gasteiger partial charge on any atom is -0.387 e. The topological polar surface area (TPSA) is 20.2 Å². The lowest BCUT2D eigenvalue weighted by Crippen LogP contribution is -1.99. The highest BCUT2D eigenvalue weighted by atomic mass is 35.5. The Morgan fingerprint density at radius 3 is 2.53 bits per heavy atom. The van der Waals surface area contributed by atoms with Gasteiger partial charge in [-0.3, -0.25) is 0 Å². The molecule has 0 bridgehead atoms. The summed E-state index contributed by atoms with van der Waals surface area (Å²) in [5, 5.41) is 10.0. The first-order valence-corrected chi connectivity index (χ1v) is 6.44. The van der Waals surface area contributed by atoms with E-state index < -0.39 is 6.10 Å². The number of halogens is 2. The Kier molecular flexibility index (Phi) is 3.82. The smallest absolute Gasteiger partial charge is 0.123 e. The maximum Gasteiger partial charge on any atom is 0.123 e. The van der Waals surface area contributed by atoms with Crippen LogP contribution >= 0.6 is 22.9 Å². The molecule has 4 heteroatoms. The third-order valence-corrected chi connectivity index (χ3v) is 4.20. The highest BCUT2D eigenvalue weighted by Crippen LogP contribution is 2.32. The van der Waals surface area contributed by atoms with Gasteiger partial charge in [0, 0.05) is 11.3 Å². The first-order chi connectivity index (χ1) is 8.06. The summed E-state index contributed by atoms with van der Waals surface area (Å²) < 4.78 is 13.4. The SMILES string of the molecule is Cc1cc(C(O)Cc2ccc(F)cc2)sc1Cl. The largest absolute Gasteiger partial charge is 0.387 e. The van der Waals surface area contributed by atoms with Crippen LogP contribution in [-0.2, 0) is 6.42 Å². The normalized spacial score (nSPS) is 12.7. The van der Waals surface area contributed by atoms with Crippen molar-refractivity contribution < 1.29 is 9.50 Å². The predicted octanol–water partition coefficient (Wildman–Crippen LogP) is 4.13. The Hall–Kier alpha value is -0.900. The molecule has 0 saturated carbocycles. The maximum absolute atomic E-state index is 12.7. The van der Waals surface area contributed by atoms with E-state index in [1.54, 1.807) is 12.1 Å². The third-order valence-electron chi connectivity index (χ3n) is 2.55. The molecular formula is C13H12ClFOS. The minimum atomic E-state index is -0.586. The highest BCUT2D eigenvalue weighted by molar-refractivity contribution is 7.16. The summed E-state index contributed by atoms with van der Waals surface area (Å²) in [4.78, 5) is 0.844. The zero-order valence-corrected chi connectivity index (χ0v) is 10.9. The number of benzene rings is 1. The van der Waals surface area contributed by atoms with Gasteiger partial charge in [-0.05, 0) is 36.2 Å². The van der Waals surface area contributed by atoms with Gasteiger partial charge < -0.3 is 5.11 Å². The molecule has 1 N–H and O–H groups in total. The average molecular weight is 271 g/mol. The van der Waals surface area contributed by atoms with Crippen molar-refractivity contribution in [3.63, 3.8) is 0 Å². The van der Waals surface area contributed by atoms with E-state index in [0.29, 0.717) is 10.8 Å². The van der Waals surface area contributed by atoms with Crippen LogP contribution in [0.4, 0.5) is 4.39 Å². The van der Waals surface area contributed by atoms with Crippen LogP contribution in [0.15, 0.2) is 30.3 Å². The van der Waals surface area contributed by atoms with Crippen LogP contribution in [0.3, 0.4) is 0 Å². The molecule has 2 aromatic rings. The summed E-state index contributed by atoms with van der Waals surface area (Å²) in [5.41, 5.74) is 1.88. The average Bonchev–Trinajstić information content (AvgIpc) is 2.63. The summed E-state index contributed by atoms with van der Waals surface area (Å²) in [6.07, 6.45) is -0.118.